The first-order valence-electron chi connectivity index (χ1n) is 5.56. The molecule has 2 unspecified atom stereocenters. The maximum Gasteiger partial charge on any atom is 0.399 e. The molecule has 0 saturated heterocycles. The quantitative estimate of drug-likeness (QED) is 0.878. The van der Waals surface area contributed by atoms with E-state index < -0.39 is 29.8 Å². The third kappa shape index (κ3) is 2.27. The van der Waals surface area contributed by atoms with Gasteiger partial charge >= 0.3 is 6.18 Å². The van der Waals surface area contributed by atoms with E-state index in [2.05, 4.69) is 9.97 Å². The van der Waals surface area contributed by atoms with Crippen LogP contribution in [0.5, 0.6) is 0 Å². The number of amides is 1. The van der Waals surface area contributed by atoms with Gasteiger partial charge < -0.3 is 10.7 Å². The number of halogens is 3. The summed E-state index contributed by atoms with van der Waals surface area (Å²) in [7, 11) is 0. The first-order valence-corrected chi connectivity index (χ1v) is 5.56. The molecule has 1 aromatic rings. The number of hydrogen-bond acceptors (Lipinski definition) is 2. The van der Waals surface area contributed by atoms with Gasteiger partial charge in [0, 0.05) is 18.3 Å². The Labute approximate surface area is 107 Å². The van der Waals surface area contributed by atoms with Crippen molar-refractivity contribution in [2.24, 2.45) is 17.1 Å². The van der Waals surface area contributed by atoms with Gasteiger partial charge in [-0.25, -0.2) is 4.98 Å². The van der Waals surface area contributed by atoms with Crippen LogP contribution in [0.4, 0.5) is 13.2 Å². The molecule has 0 saturated carbocycles. The number of allylic oxidation sites excluding steroid dienone is 3. The Morgan fingerprint density at radius 1 is 1.47 bits per heavy atom. The molecule has 2 atom stereocenters. The summed E-state index contributed by atoms with van der Waals surface area (Å²) >= 11 is 0. The molecule has 2 rings (SSSR count). The van der Waals surface area contributed by atoms with Crippen molar-refractivity contribution in [3.63, 3.8) is 0 Å². The van der Waals surface area contributed by atoms with Crippen molar-refractivity contribution in [1.82, 2.24) is 9.97 Å². The number of aromatic amines is 1. The molecule has 3 N–H and O–H groups in total. The molecule has 0 bridgehead atoms. The number of nitrogens with two attached hydrogens (primary N) is 1. The summed E-state index contributed by atoms with van der Waals surface area (Å²) < 4.78 is 40.4. The fraction of sp³-hybridized carbons (Fsp3) is 0.333. The van der Waals surface area contributed by atoms with Crippen LogP contribution in [-0.2, 0) is 11.2 Å². The lowest BCUT2D eigenvalue weighted by Gasteiger charge is -2.38. The third-order valence-corrected chi connectivity index (χ3v) is 3.24. The summed E-state index contributed by atoms with van der Waals surface area (Å²) in [4.78, 5) is 17.7. The molecule has 0 aliphatic heterocycles. The topological polar surface area (TPSA) is 71.8 Å². The molecule has 7 heteroatoms. The van der Waals surface area contributed by atoms with Crippen LogP contribution in [0.25, 0.3) is 0 Å². The van der Waals surface area contributed by atoms with Gasteiger partial charge in [0.25, 0.3) is 0 Å². The van der Waals surface area contributed by atoms with Gasteiger partial charge in [-0.2, -0.15) is 13.2 Å². The van der Waals surface area contributed by atoms with E-state index in [4.69, 9.17) is 5.73 Å². The van der Waals surface area contributed by atoms with Gasteiger partial charge in [0.15, 0.2) is 0 Å². The largest absolute Gasteiger partial charge is 0.399 e. The molecule has 1 heterocycles. The summed E-state index contributed by atoms with van der Waals surface area (Å²) in [6.07, 6.45) is 2.44. The summed E-state index contributed by atoms with van der Waals surface area (Å²) in [5.74, 6) is -2.43. The number of carbonyl (C=O) groups excluding carboxylic acids is 1. The molecule has 4 nitrogen and oxygen atoms in total. The van der Waals surface area contributed by atoms with Gasteiger partial charge in [-0.1, -0.05) is 24.3 Å². The molecule has 102 valence electrons. The van der Waals surface area contributed by atoms with Gasteiger partial charge in [-0.05, 0) is 0 Å². The van der Waals surface area contributed by atoms with Crippen LogP contribution >= 0.6 is 0 Å². The summed E-state index contributed by atoms with van der Waals surface area (Å²) in [6.45, 7) is 0. The van der Waals surface area contributed by atoms with E-state index in [1.165, 1.54) is 30.8 Å². The zero-order valence-electron chi connectivity index (χ0n) is 9.82. The molecule has 0 spiro atoms. The van der Waals surface area contributed by atoms with Crippen LogP contribution in [0, 0.1) is 11.3 Å². The monoisotopic (exact) mass is 271 g/mol. The zero-order valence-corrected chi connectivity index (χ0v) is 9.82. The van der Waals surface area contributed by atoms with Gasteiger partial charge in [-0.15, -0.1) is 0 Å². The Kier molecular flexibility index (Phi) is 3.21. The lowest BCUT2D eigenvalue weighted by Crippen LogP contribution is -2.49. The van der Waals surface area contributed by atoms with E-state index >= 15 is 0 Å². The Bertz CT molecular complexity index is 519. The number of aromatic nitrogens is 2. The maximum atomic E-state index is 13.5. The Morgan fingerprint density at radius 2 is 2.21 bits per heavy atom. The highest BCUT2D eigenvalue weighted by atomic mass is 19.4. The summed E-state index contributed by atoms with van der Waals surface area (Å²) in [5.41, 5.74) is 3.08. The van der Waals surface area contributed by atoms with Gasteiger partial charge in [0.1, 0.15) is 5.41 Å². The molecule has 1 amide bonds. The van der Waals surface area contributed by atoms with E-state index in [1.54, 1.807) is 0 Å². The first-order chi connectivity index (χ1) is 8.87. The van der Waals surface area contributed by atoms with Crippen molar-refractivity contribution in [3.8, 4) is 0 Å². The fourth-order valence-corrected chi connectivity index (χ4v) is 2.26. The first kappa shape index (κ1) is 13.4. The van der Waals surface area contributed by atoms with Crippen molar-refractivity contribution in [2.75, 3.05) is 0 Å². The molecular weight excluding hydrogens is 259 g/mol. The molecule has 19 heavy (non-hydrogen) atoms. The highest BCUT2D eigenvalue weighted by Crippen LogP contribution is 2.49. The lowest BCUT2D eigenvalue weighted by atomic mass is 9.69. The van der Waals surface area contributed by atoms with Crippen molar-refractivity contribution in [3.05, 3.63) is 42.5 Å². The Balaban J connectivity index is 2.47. The van der Waals surface area contributed by atoms with Gasteiger partial charge in [-0.3, -0.25) is 4.79 Å². The predicted octanol–water partition coefficient (Wildman–Crippen LogP) is 1.73. The molecule has 0 aromatic carbocycles. The highest BCUT2D eigenvalue weighted by molar-refractivity contribution is 5.80. The highest BCUT2D eigenvalue weighted by Gasteiger charge is 2.59. The second-order valence-electron chi connectivity index (χ2n) is 4.42. The maximum absolute atomic E-state index is 13.5. The van der Waals surface area contributed by atoms with Crippen LogP contribution in [0.1, 0.15) is 5.69 Å². The Morgan fingerprint density at radius 3 is 2.74 bits per heavy atom. The van der Waals surface area contributed by atoms with Crippen molar-refractivity contribution < 1.29 is 18.0 Å². The number of carbonyl (C=O) groups is 1. The third-order valence-electron chi connectivity index (χ3n) is 3.24. The van der Waals surface area contributed by atoms with Crippen LogP contribution < -0.4 is 5.73 Å². The Hall–Kier alpha value is -2.05. The number of nitrogens with zero attached hydrogens (tertiary/aromatic N) is 1. The predicted molar refractivity (Wildman–Crippen MR) is 61.7 cm³/mol. The minimum absolute atomic E-state index is 0.295. The molecule has 1 aliphatic carbocycles. The van der Waals surface area contributed by atoms with E-state index in [-0.39, 0.29) is 0 Å². The van der Waals surface area contributed by atoms with Crippen LogP contribution in [0.2, 0.25) is 0 Å². The normalized spacial score (nSPS) is 26.6. The average molecular weight is 271 g/mol. The minimum Gasteiger partial charge on any atom is -0.369 e. The van der Waals surface area contributed by atoms with E-state index in [1.807, 2.05) is 0 Å². The van der Waals surface area contributed by atoms with Gasteiger partial charge in [0.05, 0.1) is 12.2 Å². The molecule has 0 radical (unpaired) electrons. The second-order valence-corrected chi connectivity index (χ2v) is 4.42. The number of nitrogens with one attached hydrogen (secondary N) is 1. The fourth-order valence-electron chi connectivity index (χ4n) is 2.26. The number of primary amides is 1. The average Bonchev–Trinajstić information content (AvgIpc) is 2.80. The molecular formula is C12H12F3N3O. The second kappa shape index (κ2) is 4.56. The molecule has 0 fully saturated rings. The van der Waals surface area contributed by atoms with E-state index in [9.17, 15) is 18.0 Å². The zero-order chi connectivity index (χ0) is 14.1. The lowest BCUT2D eigenvalue weighted by molar-refractivity contribution is -0.218. The number of alkyl halides is 3. The number of imidazole rings is 1. The summed E-state index contributed by atoms with van der Waals surface area (Å²) in [5, 5.41) is 0. The number of rotatable bonds is 3. The standard InChI is InChI=1S/C12H12F3N3O/c13-12(14,15)11(5-8-6-17-7-18-8)4-2-1-3-9(11)10(16)19/h1-4,6-7,9H,5H2,(H2,16,19)(H,17,18). The molecule has 1 aromatic heterocycles. The van der Waals surface area contributed by atoms with E-state index in [0.717, 1.165) is 6.08 Å². The van der Waals surface area contributed by atoms with Crippen molar-refractivity contribution in [1.29, 1.82) is 0 Å². The minimum atomic E-state index is -4.60. The number of H-pyrrole nitrogens is 1. The van der Waals surface area contributed by atoms with Crippen molar-refractivity contribution >= 4 is 5.91 Å². The van der Waals surface area contributed by atoms with Crippen molar-refractivity contribution in [2.45, 2.75) is 12.6 Å². The van der Waals surface area contributed by atoms with Crippen LogP contribution in [0.15, 0.2) is 36.8 Å². The van der Waals surface area contributed by atoms with Crippen LogP contribution in [0.3, 0.4) is 0 Å². The van der Waals surface area contributed by atoms with E-state index in [0.29, 0.717) is 5.69 Å². The number of hydrogen-bond donors (Lipinski definition) is 2. The van der Waals surface area contributed by atoms with Gasteiger partial charge in [0.2, 0.25) is 5.91 Å². The molecule has 1 aliphatic rings. The van der Waals surface area contributed by atoms with Crippen LogP contribution in [-0.4, -0.2) is 22.1 Å². The SMILES string of the molecule is NC(=O)C1C=CC=CC1(Cc1cnc[nH]1)C(F)(F)F. The summed E-state index contributed by atoms with van der Waals surface area (Å²) in [6, 6.07) is 0. The smallest absolute Gasteiger partial charge is 0.369 e.